The fourth-order valence-corrected chi connectivity index (χ4v) is 3.73. The van der Waals surface area contributed by atoms with E-state index in [4.69, 9.17) is 24.4 Å². The Bertz CT molecular complexity index is 606. The summed E-state index contributed by atoms with van der Waals surface area (Å²) in [5.74, 6) is 0. The molecule has 0 saturated heterocycles. The van der Waals surface area contributed by atoms with E-state index in [1.807, 2.05) is 29.6 Å². The second kappa shape index (κ2) is 7.61. The summed E-state index contributed by atoms with van der Waals surface area (Å²) in [5.41, 5.74) is 0.886. The highest BCUT2D eigenvalue weighted by atomic mass is 79.9. The minimum Gasteiger partial charge on any atom is -0.369 e. The van der Waals surface area contributed by atoms with Crippen molar-refractivity contribution in [2.45, 2.75) is 6.54 Å². The Hall–Kier alpha value is -0.340. The first-order valence-electron chi connectivity index (χ1n) is 5.62. The molecule has 0 amide bonds. The zero-order valence-electron chi connectivity index (χ0n) is 10.2. The van der Waals surface area contributed by atoms with Crippen molar-refractivity contribution in [2.24, 2.45) is 0 Å². The summed E-state index contributed by atoms with van der Waals surface area (Å²) < 4.78 is 1.93. The average Bonchev–Trinajstić information content (AvgIpc) is 2.87. The Morgan fingerprint density at radius 2 is 1.80 bits per heavy atom. The van der Waals surface area contributed by atoms with Crippen molar-refractivity contribution in [2.75, 3.05) is 5.32 Å². The number of halogens is 2. The van der Waals surface area contributed by atoms with Crippen LogP contribution in [0.2, 0.25) is 0 Å². The molecule has 2 rings (SSSR count). The minimum atomic E-state index is 0.515. The van der Waals surface area contributed by atoms with E-state index in [0.717, 1.165) is 14.6 Å². The number of thiophene rings is 1. The molecule has 0 atom stereocenters. The lowest BCUT2D eigenvalue weighted by molar-refractivity contribution is 0.958. The van der Waals surface area contributed by atoms with E-state index < -0.39 is 0 Å². The molecule has 1 heterocycles. The van der Waals surface area contributed by atoms with Crippen LogP contribution in [0.25, 0.3) is 0 Å². The highest BCUT2D eigenvalue weighted by Crippen LogP contribution is 2.23. The van der Waals surface area contributed by atoms with Crippen LogP contribution in [0, 0.1) is 0 Å². The van der Waals surface area contributed by atoms with Crippen LogP contribution in [0.15, 0.2) is 44.7 Å². The third kappa shape index (κ3) is 4.89. The number of hydrogen-bond donors (Lipinski definition) is 2. The van der Waals surface area contributed by atoms with Gasteiger partial charge in [-0.15, -0.1) is 11.3 Å². The first-order valence-corrected chi connectivity index (χ1v) is 8.90. The van der Waals surface area contributed by atoms with Gasteiger partial charge in [0, 0.05) is 19.5 Å². The Balaban J connectivity index is 1.92. The van der Waals surface area contributed by atoms with Crippen LogP contribution in [0.1, 0.15) is 4.88 Å². The van der Waals surface area contributed by atoms with Gasteiger partial charge in [-0.2, -0.15) is 0 Å². The maximum atomic E-state index is 5.30. The maximum Gasteiger partial charge on any atom is 0.138 e. The zero-order valence-corrected chi connectivity index (χ0v) is 15.8. The van der Waals surface area contributed by atoms with E-state index in [1.165, 1.54) is 4.88 Å². The van der Waals surface area contributed by atoms with Crippen molar-refractivity contribution in [1.29, 1.82) is 0 Å². The largest absolute Gasteiger partial charge is 0.369 e. The summed E-state index contributed by atoms with van der Waals surface area (Å²) in [5, 5.41) is 8.31. The molecular weight excluding hydrogens is 440 g/mol. The fraction of sp³-hybridized carbons (Fsp3) is 0.0769. The maximum absolute atomic E-state index is 5.30. The molecule has 2 N–H and O–H groups in total. The normalized spacial score (nSPS) is 10.1. The molecule has 0 aliphatic heterocycles. The molecule has 0 fully saturated rings. The van der Waals surface area contributed by atoms with Gasteiger partial charge in [-0.05, 0) is 29.6 Å². The summed E-state index contributed by atoms with van der Waals surface area (Å²) >= 11 is 19.1. The van der Waals surface area contributed by atoms with E-state index in [-0.39, 0.29) is 0 Å². The molecule has 2 aromatic rings. The van der Waals surface area contributed by atoms with Crippen LogP contribution in [0.5, 0.6) is 0 Å². The third-order valence-corrected chi connectivity index (χ3v) is 4.91. The van der Waals surface area contributed by atoms with Crippen molar-refractivity contribution in [1.82, 2.24) is 5.32 Å². The van der Waals surface area contributed by atoms with Crippen LogP contribution in [0.3, 0.4) is 0 Å². The lowest BCUT2D eigenvalue weighted by Crippen LogP contribution is -2.31. The van der Waals surface area contributed by atoms with Gasteiger partial charge in [0.25, 0.3) is 0 Å². The lowest BCUT2D eigenvalue weighted by atomic mass is 10.3. The highest BCUT2D eigenvalue weighted by Gasteiger charge is 2.06. The van der Waals surface area contributed by atoms with Gasteiger partial charge in [-0.1, -0.05) is 62.4 Å². The summed E-state index contributed by atoms with van der Waals surface area (Å²) in [6, 6.07) is 9.92. The molecule has 2 nitrogen and oxygen atoms in total. The monoisotopic (exact) mass is 448 g/mol. The fourth-order valence-electron chi connectivity index (χ4n) is 1.47. The van der Waals surface area contributed by atoms with Gasteiger partial charge in [0.1, 0.15) is 9.98 Å². The molecular formula is C13H10Br2N2S3. The van der Waals surface area contributed by atoms with Crippen LogP contribution in [0.4, 0.5) is 5.69 Å². The Morgan fingerprint density at radius 3 is 2.40 bits per heavy atom. The van der Waals surface area contributed by atoms with Gasteiger partial charge < -0.3 is 10.6 Å². The predicted molar refractivity (Wildman–Crippen MR) is 102 cm³/mol. The second-order valence-electron chi connectivity index (χ2n) is 3.87. The first-order chi connectivity index (χ1) is 9.54. The van der Waals surface area contributed by atoms with Crippen molar-refractivity contribution in [3.05, 3.63) is 49.5 Å². The zero-order chi connectivity index (χ0) is 14.5. The Morgan fingerprint density at radius 1 is 1.10 bits per heavy atom. The summed E-state index contributed by atoms with van der Waals surface area (Å²) in [6.07, 6.45) is 0. The predicted octanol–water partition coefficient (Wildman–Crippen LogP) is 5.13. The Labute approximate surface area is 149 Å². The lowest BCUT2D eigenvalue weighted by Gasteiger charge is -2.11. The summed E-state index contributed by atoms with van der Waals surface area (Å²) in [4.78, 5) is 2.28. The molecule has 0 spiro atoms. The molecule has 0 aliphatic rings. The van der Waals surface area contributed by atoms with Gasteiger partial charge in [0.05, 0.1) is 6.54 Å². The number of thiocarbonyl (C=S) groups is 2. The SMILES string of the molecule is S=C(NCc1cccs1)C(=S)Nc1cc(Br)cc(Br)c1. The molecule has 1 aromatic heterocycles. The standard InChI is InChI=1S/C13H10Br2N2S3/c14-8-4-9(15)6-10(5-8)17-13(19)12(18)16-7-11-2-1-3-20-11/h1-6H,7H2,(H,16,18)(H,17,19). The summed E-state index contributed by atoms with van der Waals surface area (Å²) in [7, 11) is 0. The molecule has 20 heavy (non-hydrogen) atoms. The van der Waals surface area contributed by atoms with Crippen LogP contribution in [-0.2, 0) is 6.54 Å². The van der Waals surface area contributed by atoms with Gasteiger partial charge in [0.15, 0.2) is 0 Å². The average molecular weight is 450 g/mol. The smallest absolute Gasteiger partial charge is 0.138 e. The van der Waals surface area contributed by atoms with E-state index in [0.29, 0.717) is 16.5 Å². The van der Waals surface area contributed by atoms with Crippen molar-refractivity contribution < 1.29 is 0 Å². The van der Waals surface area contributed by atoms with E-state index >= 15 is 0 Å². The number of benzene rings is 1. The number of anilines is 1. The van der Waals surface area contributed by atoms with Crippen LogP contribution in [-0.4, -0.2) is 9.98 Å². The van der Waals surface area contributed by atoms with Gasteiger partial charge in [-0.3, -0.25) is 0 Å². The van der Waals surface area contributed by atoms with E-state index in [2.05, 4.69) is 48.6 Å². The molecule has 0 bridgehead atoms. The molecule has 0 saturated carbocycles. The van der Waals surface area contributed by atoms with Crippen molar-refractivity contribution >= 4 is 83.3 Å². The molecule has 0 unspecified atom stereocenters. The molecule has 104 valence electrons. The molecule has 1 aromatic carbocycles. The van der Waals surface area contributed by atoms with Gasteiger partial charge in [0.2, 0.25) is 0 Å². The van der Waals surface area contributed by atoms with Gasteiger partial charge >= 0.3 is 0 Å². The third-order valence-electron chi connectivity index (χ3n) is 2.33. The Kier molecular flexibility index (Phi) is 6.10. The molecule has 0 radical (unpaired) electrons. The summed E-state index contributed by atoms with van der Waals surface area (Å²) in [6.45, 7) is 0.695. The highest BCUT2D eigenvalue weighted by molar-refractivity contribution is 9.11. The van der Waals surface area contributed by atoms with Gasteiger partial charge in [-0.25, -0.2) is 0 Å². The van der Waals surface area contributed by atoms with Crippen LogP contribution >= 0.6 is 67.6 Å². The topological polar surface area (TPSA) is 24.1 Å². The quantitative estimate of drug-likeness (QED) is 0.634. The van der Waals surface area contributed by atoms with E-state index in [9.17, 15) is 0 Å². The second-order valence-corrected chi connectivity index (χ2v) is 7.55. The first kappa shape index (κ1) is 16.0. The molecule has 0 aliphatic carbocycles. The van der Waals surface area contributed by atoms with Crippen LogP contribution < -0.4 is 10.6 Å². The number of hydrogen-bond acceptors (Lipinski definition) is 3. The van der Waals surface area contributed by atoms with Crippen molar-refractivity contribution in [3.63, 3.8) is 0 Å². The minimum absolute atomic E-state index is 0.515. The van der Waals surface area contributed by atoms with Crippen molar-refractivity contribution in [3.8, 4) is 0 Å². The number of rotatable bonds is 3. The van der Waals surface area contributed by atoms with E-state index in [1.54, 1.807) is 11.3 Å². The number of nitrogens with one attached hydrogen (secondary N) is 2. The molecule has 7 heteroatoms.